The van der Waals surface area contributed by atoms with Crippen LogP contribution in [0, 0.1) is 12.3 Å². The average molecular weight is 196 g/mol. The van der Waals surface area contributed by atoms with Gasteiger partial charge in [0.05, 0.1) is 5.54 Å². The van der Waals surface area contributed by atoms with Crippen molar-refractivity contribution in [3.63, 3.8) is 0 Å². The lowest BCUT2D eigenvalue weighted by Crippen LogP contribution is -2.47. The first-order valence-corrected chi connectivity index (χ1v) is 3.44. The Bertz CT molecular complexity index is 227. The van der Waals surface area contributed by atoms with Gasteiger partial charge in [-0.1, -0.05) is 5.92 Å². The normalized spacial score (nSPS) is 12.0. The second-order valence-corrected chi connectivity index (χ2v) is 3.20. The highest BCUT2D eigenvalue weighted by Crippen LogP contribution is 2.19. The van der Waals surface area contributed by atoms with Gasteiger partial charge in [0, 0.05) is 0 Å². The van der Waals surface area contributed by atoms with Crippen LogP contribution in [0.4, 0.5) is 8.78 Å². The summed E-state index contributed by atoms with van der Waals surface area (Å²) in [6, 6.07) is 0. The van der Waals surface area contributed by atoms with Gasteiger partial charge in [-0.3, -0.25) is 4.79 Å². The number of carbonyl (C=O) groups is 1. The van der Waals surface area contributed by atoms with E-state index >= 15 is 0 Å². The Kier molecular flexibility index (Phi) is 3.05. The van der Waals surface area contributed by atoms with Gasteiger partial charge < -0.3 is 5.32 Å². The molecule has 0 aliphatic heterocycles. The molecule has 0 atom stereocenters. The number of alkyl halides is 3. The first-order valence-electron chi connectivity index (χ1n) is 3.06. The van der Waals surface area contributed by atoms with Crippen LogP contribution in [0.2, 0.25) is 0 Å². The van der Waals surface area contributed by atoms with Gasteiger partial charge in [-0.15, -0.1) is 6.42 Å². The summed E-state index contributed by atoms with van der Waals surface area (Å²) in [5, 5.41) is -2.02. The molecule has 0 unspecified atom stereocenters. The zero-order chi connectivity index (χ0) is 9.99. The summed E-state index contributed by atoms with van der Waals surface area (Å²) in [5.74, 6) is 0.530. The summed E-state index contributed by atoms with van der Waals surface area (Å²) in [4.78, 5) is 10.6. The number of hydrogen-bond acceptors (Lipinski definition) is 1. The number of terminal acetylenes is 1. The third kappa shape index (κ3) is 3.54. The van der Waals surface area contributed by atoms with E-state index in [-0.39, 0.29) is 0 Å². The summed E-state index contributed by atoms with van der Waals surface area (Å²) < 4.78 is 24.1. The van der Waals surface area contributed by atoms with E-state index in [9.17, 15) is 13.6 Å². The van der Waals surface area contributed by atoms with Crippen LogP contribution < -0.4 is 5.32 Å². The van der Waals surface area contributed by atoms with Crippen LogP contribution in [0.15, 0.2) is 0 Å². The standard InChI is InChI=1S/C7H8ClF2NO/c1-4-6(2,3)11-5(12)7(8,9)10/h1H,2-3H3,(H,11,12). The Labute approximate surface area is 74.3 Å². The van der Waals surface area contributed by atoms with Crippen molar-refractivity contribution in [2.45, 2.75) is 24.8 Å². The SMILES string of the molecule is C#CC(C)(C)NC(=O)C(F)(F)Cl. The zero-order valence-electron chi connectivity index (χ0n) is 6.62. The lowest BCUT2D eigenvalue weighted by molar-refractivity contribution is -0.136. The molecule has 0 rings (SSSR count). The van der Waals surface area contributed by atoms with E-state index in [1.165, 1.54) is 13.8 Å². The Morgan fingerprint density at radius 2 is 2.00 bits per heavy atom. The number of nitrogens with one attached hydrogen (secondary N) is 1. The van der Waals surface area contributed by atoms with E-state index in [4.69, 9.17) is 6.42 Å². The van der Waals surface area contributed by atoms with Crippen LogP contribution in [-0.2, 0) is 4.79 Å². The molecule has 12 heavy (non-hydrogen) atoms. The molecule has 1 amide bonds. The van der Waals surface area contributed by atoms with Crippen molar-refractivity contribution < 1.29 is 13.6 Å². The lowest BCUT2D eigenvalue weighted by Gasteiger charge is -2.20. The van der Waals surface area contributed by atoms with E-state index in [1.807, 2.05) is 5.32 Å². The average Bonchev–Trinajstić information content (AvgIpc) is 1.85. The van der Waals surface area contributed by atoms with Crippen LogP contribution in [-0.4, -0.2) is 16.8 Å². The van der Waals surface area contributed by atoms with Gasteiger partial charge in [-0.2, -0.15) is 8.78 Å². The quantitative estimate of drug-likeness (QED) is 0.523. The summed E-state index contributed by atoms with van der Waals surface area (Å²) in [7, 11) is 0. The molecule has 0 aromatic heterocycles. The maximum atomic E-state index is 12.1. The smallest absolute Gasteiger partial charge is 0.334 e. The van der Waals surface area contributed by atoms with Crippen molar-refractivity contribution in [3.8, 4) is 12.3 Å². The fourth-order valence-corrected chi connectivity index (χ4v) is 0.438. The molecule has 0 bridgehead atoms. The Morgan fingerprint density at radius 1 is 1.58 bits per heavy atom. The molecule has 0 aromatic carbocycles. The molecular weight excluding hydrogens is 188 g/mol. The minimum atomic E-state index is -3.91. The van der Waals surface area contributed by atoms with E-state index in [0.29, 0.717) is 0 Å². The van der Waals surface area contributed by atoms with Crippen molar-refractivity contribution in [2.24, 2.45) is 0 Å². The van der Waals surface area contributed by atoms with Crippen LogP contribution in [0.5, 0.6) is 0 Å². The molecule has 0 saturated heterocycles. The summed E-state index contributed by atoms with van der Waals surface area (Å²) in [6.45, 7) is 2.82. The van der Waals surface area contributed by atoms with Crippen LogP contribution >= 0.6 is 11.6 Å². The zero-order valence-corrected chi connectivity index (χ0v) is 7.38. The summed E-state index contributed by atoms with van der Waals surface area (Å²) in [5.41, 5.74) is -1.12. The number of hydrogen-bond donors (Lipinski definition) is 1. The van der Waals surface area contributed by atoms with Gasteiger partial charge in [0.2, 0.25) is 0 Å². The van der Waals surface area contributed by atoms with Crippen LogP contribution in [0.25, 0.3) is 0 Å². The minimum absolute atomic E-state index is 1.12. The second-order valence-electron chi connectivity index (χ2n) is 2.72. The molecule has 0 aromatic rings. The predicted molar refractivity (Wildman–Crippen MR) is 41.9 cm³/mol. The largest absolute Gasteiger partial charge is 0.399 e. The van der Waals surface area contributed by atoms with Crippen molar-refractivity contribution in [2.75, 3.05) is 0 Å². The van der Waals surface area contributed by atoms with Crippen LogP contribution in [0.1, 0.15) is 13.8 Å². The van der Waals surface area contributed by atoms with Gasteiger partial charge in [-0.25, -0.2) is 0 Å². The number of rotatable bonds is 2. The lowest BCUT2D eigenvalue weighted by atomic mass is 10.1. The maximum Gasteiger partial charge on any atom is 0.399 e. The van der Waals surface area contributed by atoms with Gasteiger partial charge >= 0.3 is 11.3 Å². The topological polar surface area (TPSA) is 29.1 Å². The van der Waals surface area contributed by atoms with Crippen molar-refractivity contribution in [1.82, 2.24) is 5.32 Å². The van der Waals surface area contributed by atoms with E-state index in [0.717, 1.165) is 0 Å². The Morgan fingerprint density at radius 3 is 2.25 bits per heavy atom. The highest BCUT2D eigenvalue weighted by atomic mass is 35.5. The van der Waals surface area contributed by atoms with Gasteiger partial charge in [0.1, 0.15) is 0 Å². The molecule has 0 radical (unpaired) electrons. The van der Waals surface area contributed by atoms with Gasteiger partial charge in [-0.05, 0) is 25.4 Å². The number of amides is 1. The fourth-order valence-electron chi connectivity index (χ4n) is 0.391. The van der Waals surface area contributed by atoms with Gasteiger partial charge in [0.15, 0.2) is 0 Å². The first kappa shape index (κ1) is 11.2. The molecule has 1 N–H and O–H groups in total. The highest BCUT2D eigenvalue weighted by molar-refractivity contribution is 6.32. The van der Waals surface area contributed by atoms with E-state index in [1.54, 1.807) is 0 Å². The molecule has 0 heterocycles. The van der Waals surface area contributed by atoms with E-state index < -0.39 is 16.8 Å². The third-order valence-corrected chi connectivity index (χ3v) is 1.22. The number of halogens is 3. The molecule has 2 nitrogen and oxygen atoms in total. The van der Waals surface area contributed by atoms with Crippen LogP contribution in [0.3, 0.4) is 0 Å². The predicted octanol–water partition coefficient (Wildman–Crippen LogP) is 1.35. The van der Waals surface area contributed by atoms with Crippen molar-refractivity contribution in [1.29, 1.82) is 0 Å². The highest BCUT2D eigenvalue weighted by Gasteiger charge is 2.38. The summed E-state index contributed by atoms with van der Waals surface area (Å²) in [6.07, 6.45) is 4.95. The monoisotopic (exact) mass is 195 g/mol. The minimum Gasteiger partial charge on any atom is -0.334 e. The van der Waals surface area contributed by atoms with Crippen molar-refractivity contribution in [3.05, 3.63) is 0 Å². The summed E-state index contributed by atoms with van der Waals surface area (Å²) >= 11 is 4.43. The third-order valence-electron chi connectivity index (χ3n) is 1.04. The Hall–Kier alpha value is -0.820. The molecule has 0 spiro atoms. The molecule has 0 aliphatic rings. The molecule has 0 saturated carbocycles. The van der Waals surface area contributed by atoms with E-state index in [2.05, 4.69) is 17.5 Å². The number of carbonyl (C=O) groups excluding carboxylic acids is 1. The molecule has 5 heteroatoms. The van der Waals surface area contributed by atoms with Crippen molar-refractivity contribution >= 4 is 17.5 Å². The molecule has 0 aliphatic carbocycles. The fraction of sp³-hybridized carbons (Fsp3) is 0.571. The Balaban J connectivity index is 4.33. The molecule has 0 fully saturated rings. The molecule has 68 valence electrons. The molecular formula is C7H8ClF2NO. The second kappa shape index (κ2) is 3.28. The van der Waals surface area contributed by atoms with Gasteiger partial charge in [0.25, 0.3) is 0 Å². The maximum absolute atomic E-state index is 12.1. The first-order chi connectivity index (χ1) is 5.19.